The molecule has 0 aliphatic carbocycles. The number of hydrogen-bond acceptors (Lipinski definition) is 6. The molecule has 0 saturated carbocycles. The Labute approximate surface area is 137 Å². The van der Waals surface area contributed by atoms with E-state index in [9.17, 15) is 9.90 Å². The molecule has 2 saturated heterocycles. The molecule has 2 rings (SSSR count). The zero-order valence-electron chi connectivity index (χ0n) is 14.1. The lowest BCUT2D eigenvalue weighted by molar-refractivity contribution is 0.00415. The molecule has 3 unspecified atom stereocenters. The van der Waals surface area contributed by atoms with Gasteiger partial charge in [-0.2, -0.15) is 0 Å². The molecule has 8 nitrogen and oxygen atoms in total. The van der Waals surface area contributed by atoms with Crippen LogP contribution in [-0.4, -0.2) is 77.1 Å². The van der Waals surface area contributed by atoms with Crippen LogP contribution in [0.1, 0.15) is 33.6 Å². The number of nitrogens with two attached hydrogens (primary N) is 1. The molecule has 3 atom stereocenters. The molecule has 23 heavy (non-hydrogen) atoms. The number of rotatable bonds is 3. The minimum absolute atomic E-state index is 0.00336. The third-order valence-electron chi connectivity index (χ3n) is 4.20. The van der Waals surface area contributed by atoms with Crippen LogP contribution in [0.25, 0.3) is 0 Å². The quantitative estimate of drug-likeness (QED) is 0.509. The molecule has 0 radical (unpaired) electrons. The highest BCUT2D eigenvalue weighted by Crippen LogP contribution is 2.26. The van der Waals surface area contributed by atoms with Crippen molar-refractivity contribution in [1.29, 1.82) is 5.41 Å². The summed E-state index contributed by atoms with van der Waals surface area (Å²) in [5.74, 6) is -0.0283. The Morgan fingerprint density at radius 3 is 2.70 bits per heavy atom. The van der Waals surface area contributed by atoms with Crippen LogP contribution in [0, 0.1) is 5.41 Å². The second-order valence-electron chi connectivity index (χ2n) is 7.19. The van der Waals surface area contributed by atoms with Crippen LogP contribution in [-0.2, 0) is 9.47 Å². The fraction of sp³-hybridized carbons (Fsp3) is 0.867. The molecule has 0 aromatic rings. The number of nitrogens with one attached hydrogen (secondary N) is 1. The first kappa shape index (κ1) is 18.0. The number of aliphatic hydroxyl groups is 1. The molecule has 2 aliphatic heterocycles. The van der Waals surface area contributed by atoms with E-state index >= 15 is 0 Å². The van der Waals surface area contributed by atoms with Crippen molar-refractivity contribution >= 4 is 11.9 Å². The first-order valence-corrected chi connectivity index (χ1v) is 8.01. The molecular formula is C15H28N4O4. The van der Waals surface area contributed by atoms with Gasteiger partial charge in [0, 0.05) is 19.1 Å². The van der Waals surface area contributed by atoms with E-state index in [4.69, 9.17) is 20.6 Å². The highest BCUT2D eigenvalue weighted by Gasteiger charge is 2.39. The van der Waals surface area contributed by atoms with E-state index in [1.54, 1.807) is 4.90 Å². The smallest absolute Gasteiger partial charge is 0.410 e. The maximum Gasteiger partial charge on any atom is 0.410 e. The number of amidine groups is 1. The van der Waals surface area contributed by atoms with Crippen molar-refractivity contribution in [2.75, 3.05) is 26.4 Å². The van der Waals surface area contributed by atoms with Gasteiger partial charge in [0.15, 0.2) is 0 Å². The van der Waals surface area contributed by atoms with Crippen molar-refractivity contribution < 1.29 is 19.4 Å². The molecule has 132 valence electrons. The van der Waals surface area contributed by atoms with Crippen molar-refractivity contribution in [2.24, 2.45) is 5.73 Å². The molecule has 8 heteroatoms. The van der Waals surface area contributed by atoms with E-state index in [1.165, 1.54) is 0 Å². The fourth-order valence-corrected chi connectivity index (χ4v) is 3.05. The van der Waals surface area contributed by atoms with Crippen molar-refractivity contribution in [3.05, 3.63) is 0 Å². The van der Waals surface area contributed by atoms with Crippen LogP contribution in [0.5, 0.6) is 0 Å². The lowest BCUT2D eigenvalue weighted by atomic mass is 9.95. The van der Waals surface area contributed by atoms with Crippen LogP contribution in [0.3, 0.4) is 0 Å². The minimum Gasteiger partial charge on any atom is -0.444 e. The summed E-state index contributed by atoms with van der Waals surface area (Å²) < 4.78 is 10.9. The number of carbonyl (C=O) groups excluding carboxylic acids is 1. The number of carbonyl (C=O) groups is 1. The van der Waals surface area contributed by atoms with Gasteiger partial charge in [0.2, 0.25) is 0 Å². The minimum atomic E-state index is -0.577. The first-order valence-electron chi connectivity index (χ1n) is 8.01. The lowest BCUT2D eigenvalue weighted by Gasteiger charge is -2.41. The summed E-state index contributed by atoms with van der Waals surface area (Å²) in [5.41, 5.74) is 5.14. The van der Waals surface area contributed by atoms with Gasteiger partial charge < -0.3 is 20.3 Å². The van der Waals surface area contributed by atoms with E-state index in [0.29, 0.717) is 26.2 Å². The molecule has 0 aromatic heterocycles. The molecule has 2 fully saturated rings. The maximum atomic E-state index is 12.3. The molecule has 2 heterocycles. The zero-order valence-corrected chi connectivity index (χ0v) is 14.1. The highest BCUT2D eigenvalue weighted by molar-refractivity contribution is 5.86. The molecule has 0 spiro atoms. The average Bonchev–Trinajstić information content (AvgIpc) is 2.93. The Bertz CT molecular complexity index is 451. The normalized spacial score (nSPS) is 29.6. The SMILES string of the molecule is CC(C)(C)OC(=O)N1CCC(N2COC(CO)C2)CC1C(=N)N. The molecular weight excluding hydrogens is 300 g/mol. The van der Waals surface area contributed by atoms with E-state index in [-0.39, 0.29) is 24.6 Å². The van der Waals surface area contributed by atoms with Gasteiger partial charge in [0.05, 0.1) is 25.5 Å². The van der Waals surface area contributed by atoms with Gasteiger partial charge in [-0.25, -0.2) is 4.79 Å². The molecule has 0 aromatic carbocycles. The van der Waals surface area contributed by atoms with E-state index in [1.807, 2.05) is 20.8 Å². The lowest BCUT2D eigenvalue weighted by Crippen LogP contribution is -2.57. The number of aliphatic hydroxyl groups excluding tert-OH is 1. The van der Waals surface area contributed by atoms with Crippen molar-refractivity contribution in [1.82, 2.24) is 9.80 Å². The summed E-state index contributed by atoms with van der Waals surface area (Å²) >= 11 is 0. The molecule has 0 bridgehead atoms. The van der Waals surface area contributed by atoms with Crippen LogP contribution in [0.4, 0.5) is 4.79 Å². The molecule has 4 N–H and O–H groups in total. The summed E-state index contributed by atoms with van der Waals surface area (Å²) in [4.78, 5) is 16.0. The summed E-state index contributed by atoms with van der Waals surface area (Å²) in [5, 5.41) is 17.0. The fourth-order valence-electron chi connectivity index (χ4n) is 3.05. The summed E-state index contributed by atoms with van der Waals surface area (Å²) in [6.45, 7) is 7.07. The monoisotopic (exact) mass is 328 g/mol. The second kappa shape index (κ2) is 7.02. The summed E-state index contributed by atoms with van der Waals surface area (Å²) in [6.07, 6.45) is 0.761. The maximum absolute atomic E-state index is 12.3. The predicted molar refractivity (Wildman–Crippen MR) is 85.2 cm³/mol. The van der Waals surface area contributed by atoms with Crippen molar-refractivity contribution in [3.63, 3.8) is 0 Å². The summed E-state index contributed by atoms with van der Waals surface area (Å²) in [7, 11) is 0. The van der Waals surface area contributed by atoms with E-state index in [0.717, 1.165) is 6.42 Å². The van der Waals surface area contributed by atoms with Crippen LogP contribution in [0.15, 0.2) is 0 Å². The van der Waals surface area contributed by atoms with E-state index in [2.05, 4.69) is 4.90 Å². The van der Waals surface area contributed by atoms with Gasteiger partial charge in [0.25, 0.3) is 0 Å². The Morgan fingerprint density at radius 1 is 1.48 bits per heavy atom. The van der Waals surface area contributed by atoms with Gasteiger partial charge in [-0.05, 0) is 33.6 Å². The number of amides is 1. The Balaban J connectivity index is 2.01. The van der Waals surface area contributed by atoms with Crippen LogP contribution in [0.2, 0.25) is 0 Å². The Morgan fingerprint density at radius 2 is 2.17 bits per heavy atom. The van der Waals surface area contributed by atoms with Gasteiger partial charge in [-0.1, -0.05) is 0 Å². The number of hydrogen-bond donors (Lipinski definition) is 3. The number of ether oxygens (including phenoxy) is 2. The van der Waals surface area contributed by atoms with E-state index < -0.39 is 17.7 Å². The number of piperidine rings is 1. The molecule has 2 aliphatic rings. The average molecular weight is 328 g/mol. The highest BCUT2D eigenvalue weighted by atomic mass is 16.6. The number of nitrogens with zero attached hydrogens (tertiary/aromatic N) is 2. The van der Waals surface area contributed by atoms with Gasteiger partial charge in [0.1, 0.15) is 11.4 Å². The predicted octanol–water partition coefficient (Wildman–Crippen LogP) is 0.341. The van der Waals surface area contributed by atoms with Crippen molar-refractivity contribution in [2.45, 2.75) is 57.4 Å². The van der Waals surface area contributed by atoms with Crippen LogP contribution >= 0.6 is 0 Å². The first-order chi connectivity index (χ1) is 10.7. The zero-order chi connectivity index (χ0) is 17.2. The third kappa shape index (κ3) is 4.55. The van der Waals surface area contributed by atoms with Gasteiger partial charge in [-0.3, -0.25) is 15.2 Å². The summed E-state index contributed by atoms with van der Waals surface area (Å²) in [6, 6.07) is -0.282. The Kier molecular flexibility index (Phi) is 5.49. The van der Waals surface area contributed by atoms with Gasteiger partial charge in [-0.15, -0.1) is 0 Å². The number of likely N-dealkylation sites (tertiary alicyclic amines) is 1. The third-order valence-corrected chi connectivity index (χ3v) is 4.20. The van der Waals surface area contributed by atoms with Crippen LogP contribution < -0.4 is 5.73 Å². The van der Waals surface area contributed by atoms with Crippen molar-refractivity contribution in [3.8, 4) is 0 Å². The standard InChI is InChI=1S/C15H28N4O4/c1-15(2,3)23-14(21)19-5-4-10(6-12(19)13(16)17)18-7-11(8-20)22-9-18/h10-12,20H,4-9H2,1-3H3,(H3,16,17). The van der Waals surface area contributed by atoms with Gasteiger partial charge >= 0.3 is 6.09 Å². The second-order valence-corrected chi connectivity index (χ2v) is 7.19. The largest absolute Gasteiger partial charge is 0.444 e. The topological polar surface area (TPSA) is 112 Å². The Hall–Kier alpha value is -1.38. The molecule has 1 amide bonds.